The van der Waals surface area contributed by atoms with Crippen molar-refractivity contribution in [1.82, 2.24) is 19.7 Å². The highest BCUT2D eigenvalue weighted by Crippen LogP contribution is 2.45. The molecule has 0 unspecified atom stereocenters. The molecule has 8 nitrogen and oxygen atoms in total. The Morgan fingerprint density at radius 2 is 1.72 bits per heavy atom. The molecule has 4 aliphatic rings. The molecule has 3 saturated heterocycles. The molecule has 188 valence electrons. The molecule has 0 aliphatic carbocycles. The first-order valence-corrected chi connectivity index (χ1v) is 14.3. The number of sulfone groups is 1. The van der Waals surface area contributed by atoms with Crippen LogP contribution in [0.4, 0.5) is 16.0 Å². The van der Waals surface area contributed by atoms with E-state index in [1.807, 2.05) is 31.2 Å². The predicted octanol–water partition coefficient (Wildman–Crippen LogP) is 2.81. The van der Waals surface area contributed by atoms with Gasteiger partial charge in [-0.1, -0.05) is 17.7 Å². The fraction of sp³-hybridized carbons (Fsp3) is 0.440. The summed E-state index contributed by atoms with van der Waals surface area (Å²) in [5.74, 6) is 1.77. The number of halogens is 2. The van der Waals surface area contributed by atoms with Crippen molar-refractivity contribution >= 4 is 33.1 Å². The molecular weight excluding hydrogens is 503 g/mol. The molecule has 0 radical (unpaired) electrons. The summed E-state index contributed by atoms with van der Waals surface area (Å²) in [6.07, 6.45) is 0. The maximum Gasteiger partial charge on any atom is 0.231 e. The first kappa shape index (κ1) is 22.5. The molecule has 2 aromatic carbocycles. The lowest BCUT2D eigenvalue weighted by molar-refractivity contribution is 0.153. The van der Waals surface area contributed by atoms with Gasteiger partial charge >= 0.3 is 0 Å². The normalized spacial score (nSPS) is 22.3. The second-order valence-corrected chi connectivity index (χ2v) is 13.4. The number of nitrogens with zero attached hydrogens (tertiary/aromatic N) is 6. The lowest BCUT2D eigenvalue weighted by atomic mass is 9.72. The molecule has 36 heavy (non-hydrogen) atoms. The van der Waals surface area contributed by atoms with Crippen LogP contribution in [0.3, 0.4) is 0 Å². The average molecular weight is 529 g/mol. The molecule has 0 N–H and O–H groups in total. The second-order valence-electron chi connectivity index (χ2n) is 10.8. The van der Waals surface area contributed by atoms with Crippen LogP contribution in [0.15, 0.2) is 36.4 Å². The maximum absolute atomic E-state index is 14.4. The van der Waals surface area contributed by atoms with Gasteiger partial charge in [-0.25, -0.2) is 12.8 Å². The van der Waals surface area contributed by atoms with Crippen LogP contribution in [0.2, 0.25) is 5.02 Å². The number of benzene rings is 2. The first-order valence-electron chi connectivity index (χ1n) is 12.1. The van der Waals surface area contributed by atoms with E-state index in [-0.39, 0.29) is 28.8 Å². The van der Waals surface area contributed by atoms with Crippen molar-refractivity contribution in [3.8, 4) is 5.69 Å². The molecular formula is C25H26ClFN6O2S. The number of aromatic nitrogens is 3. The molecule has 1 spiro atoms. The predicted molar refractivity (Wildman–Crippen MR) is 136 cm³/mol. The Morgan fingerprint density at radius 1 is 0.972 bits per heavy atom. The van der Waals surface area contributed by atoms with E-state index in [4.69, 9.17) is 11.6 Å². The molecule has 11 heteroatoms. The van der Waals surface area contributed by atoms with E-state index in [9.17, 15) is 12.8 Å². The van der Waals surface area contributed by atoms with Crippen molar-refractivity contribution in [3.05, 3.63) is 64.2 Å². The summed E-state index contributed by atoms with van der Waals surface area (Å²) in [6, 6.07) is 11.0. The van der Waals surface area contributed by atoms with Crippen molar-refractivity contribution < 1.29 is 12.8 Å². The number of hydrogen-bond donors (Lipinski definition) is 0. The Hall–Kier alpha value is -2.69. The van der Waals surface area contributed by atoms with Crippen molar-refractivity contribution in [2.75, 3.05) is 47.5 Å². The highest BCUT2D eigenvalue weighted by molar-refractivity contribution is 7.92. The zero-order valence-corrected chi connectivity index (χ0v) is 21.4. The maximum atomic E-state index is 14.4. The molecule has 4 aliphatic heterocycles. The smallest absolute Gasteiger partial charge is 0.231 e. The molecule has 7 rings (SSSR count). The van der Waals surface area contributed by atoms with E-state index in [1.165, 1.54) is 0 Å². The summed E-state index contributed by atoms with van der Waals surface area (Å²) in [5.41, 5.74) is 3.88. The van der Waals surface area contributed by atoms with Crippen LogP contribution in [0.5, 0.6) is 0 Å². The zero-order chi connectivity index (χ0) is 24.8. The highest BCUT2D eigenvalue weighted by atomic mass is 35.5. The Balaban J connectivity index is 1.14. The Kier molecular flexibility index (Phi) is 4.79. The summed E-state index contributed by atoms with van der Waals surface area (Å²) in [4.78, 5) is 6.53. The van der Waals surface area contributed by atoms with E-state index < -0.39 is 9.84 Å². The van der Waals surface area contributed by atoms with Gasteiger partial charge in [0, 0.05) is 49.2 Å². The Morgan fingerprint density at radius 3 is 2.47 bits per heavy atom. The minimum atomic E-state index is -2.94. The summed E-state index contributed by atoms with van der Waals surface area (Å²) in [5, 5.41) is 9.74. The van der Waals surface area contributed by atoms with Crippen LogP contribution < -0.4 is 9.80 Å². The average Bonchev–Trinajstić information content (AvgIpc) is 3.07. The number of fused-ring (bicyclic) bond motifs is 3. The van der Waals surface area contributed by atoms with Gasteiger partial charge in [0.2, 0.25) is 5.95 Å². The van der Waals surface area contributed by atoms with Gasteiger partial charge in [-0.3, -0.25) is 9.47 Å². The van der Waals surface area contributed by atoms with Crippen molar-refractivity contribution in [2.24, 2.45) is 5.41 Å². The molecule has 0 saturated carbocycles. The van der Waals surface area contributed by atoms with E-state index in [0.717, 1.165) is 54.8 Å². The number of anilines is 2. The second kappa shape index (κ2) is 7.66. The number of hydrogen-bond acceptors (Lipinski definition) is 7. The molecule has 0 bridgehead atoms. The third kappa shape index (κ3) is 3.53. The Labute approximate surface area is 214 Å². The zero-order valence-electron chi connectivity index (χ0n) is 19.9. The van der Waals surface area contributed by atoms with E-state index >= 15 is 0 Å². The number of aryl methyl sites for hydroxylation is 1. The minimum Gasteiger partial charge on any atom is -0.368 e. The van der Waals surface area contributed by atoms with Crippen LogP contribution in [-0.4, -0.2) is 71.8 Å². The molecule has 0 amide bonds. The van der Waals surface area contributed by atoms with Crippen molar-refractivity contribution in [3.63, 3.8) is 0 Å². The third-order valence-corrected chi connectivity index (χ3v) is 9.97. The van der Waals surface area contributed by atoms with E-state index in [1.54, 1.807) is 12.1 Å². The van der Waals surface area contributed by atoms with Crippen molar-refractivity contribution in [2.45, 2.75) is 26.1 Å². The standard InChI is InChI=1S/C25H26ClFN6O2S/c1-16-2-4-20(27)22(6-16)31-12-25(13-31)14-32(15-25)24-29-28-23-9-30(19-10-36(34,35)11-19)8-17-7-18(26)3-5-21(17)33(23)24/h2-7,19H,8-15H2,1H3. The van der Waals surface area contributed by atoms with Crippen LogP contribution in [0.1, 0.15) is 17.0 Å². The van der Waals surface area contributed by atoms with Gasteiger partial charge in [0.15, 0.2) is 15.7 Å². The fourth-order valence-electron chi connectivity index (χ4n) is 6.13. The topological polar surface area (TPSA) is 74.6 Å². The fourth-order valence-corrected chi connectivity index (χ4v) is 7.82. The Bertz CT molecular complexity index is 1480. The van der Waals surface area contributed by atoms with Crippen LogP contribution >= 0.6 is 11.6 Å². The van der Waals surface area contributed by atoms with Gasteiger partial charge in [0.1, 0.15) is 5.82 Å². The largest absolute Gasteiger partial charge is 0.368 e. The highest BCUT2D eigenvalue weighted by Gasteiger charge is 2.53. The van der Waals surface area contributed by atoms with Gasteiger partial charge in [-0.15, -0.1) is 10.2 Å². The third-order valence-electron chi connectivity index (χ3n) is 7.95. The van der Waals surface area contributed by atoms with Gasteiger partial charge < -0.3 is 9.80 Å². The molecule has 3 aromatic rings. The quantitative estimate of drug-likeness (QED) is 0.517. The first-order chi connectivity index (χ1) is 17.2. The van der Waals surface area contributed by atoms with Gasteiger partial charge in [-0.05, 0) is 48.4 Å². The van der Waals surface area contributed by atoms with Crippen LogP contribution in [0, 0.1) is 18.2 Å². The lowest BCUT2D eigenvalue weighted by Crippen LogP contribution is -2.73. The SMILES string of the molecule is Cc1ccc(F)c(N2CC3(C2)CN(c2nnc4n2-c2ccc(Cl)cc2CN(C2CS(=O)(=O)C2)C4)C3)c1. The summed E-state index contributed by atoms with van der Waals surface area (Å²) < 4.78 is 40.1. The van der Waals surface area contributed by atoms with Crippen molar-refractivity contribution in [1.29, 1.82) is 0 Å². The van der Waals surface area contributed by atoms with Crippen LogP contribution in [0.25, 0.3) is 5.69 Å². The summed E-state index contributed by atoms with van der Waals surface area (Å²) in [7, 11) is -2.94. The number of rotatable bonds is 3. The molecule has 5 heterocycles. The molecule has 3 fully saturated rings. The summed E-state index contributed by atoms with van der Waals surface area (Å²) in [6.45, 7) is 6.43. The van der Waals surface area contributed by atoms with Crippen LogP contribution in [-0.2, 0) is 22.9 Å². The van der Waals surface area contributed by atoms with Gasteiger partial charge in [0.25, 0.3) is 0 Å². The minimum absolute atomic E-state index is 0.0243. The van der Waals surface area contributed by atoms with E-state index in [2.05, 4.69) is 29.5 Å². The lowest BCUT2D eigenvalue weighted by Gasteiger charge is -2.61. The van der Waals surface area contributed by atoms with E-state index in [0.29, 0.717) is 23.8 Å². The van der Waals surface area contributed by atoms with Gasteiger partial charge in [0.05, 0.1) is 29.4 Å². The molecule has 1 aromatic heterocycles. The van der Waals surface area contributed by atoms with Gasteiger partial charge in [-0.2, -0.15) is 0 Å². The monoisotopic (exact) mass is 528 g/mol. The molecule has 0 atom stereocenters. The summed E-state index contributed by atoms with van der Waals surface area (Å²) >= 11 is 6.34.